The first kappa shape index (κ1) is 17.8. The van der Waals surface area contributed by atoms with Crippen molar-refractivity contribution in [1.29, 1.82) is 0 Å². The Balaban J connectivity index is 1.61. The molecular formula is C18H29N3O2. The first-order valence-corrected chi connectivity index (χ1v) is 8.51. The van der Waals surface area contributed by atoms with E-state index in [9.17, 15) is 0 Å². The van der Waals surface area contributed by atoms with Crippen molar-refractivity contribution in [3.05, 3.63) is 35.9 Å². The van der Waals surface area contributed by atoms with Crippen LogP contribution >= 0.6 is 0 Å². The van der Waals surface area contributed by atoms with E-state index >= 15 is 0 Å². The van der Waals surface area contributed by atoms with Crippen LogP contribution in [0.1, 0.15) is 37.8 Å². The summed E-state index contributed by atoms with van der Waals surface area (Å²) in [6, 6.07) is 10.6. The van der Waals surface area contributed by atoms with E-state index in [1.54, 1.807) is 7.05 Å². The van der Waals surface area contributed by atoms with Crippen molar-refractivity contribution in [3.63, 3.8) is 0 Å². The lowest BCUT2D eigenvalue weighted by atomic mass is 10.1. The van der Waals surface area contributed by atoms with Crippen molar-refractivity contribution in [2.75, 3.05) is 33.4 Å². The fraction of sp³-hybridized carbons (Fsp3) is 0.611. The molecule has 5 heteroatoms. The molecule has 0 amide bonds. The van der Waals surface area contributed by atoms with Crippen molar-refractivity contribution in [1.82, 2.24) is 10.6 Å². The fourth-order valence-corrected chi connectivity index (χ4v) is 2.60. The maximum Gasteiger partial charge on any atom is 0.191 e. The Bertz CT molecular complexity index is 459. The predicted octanol–water partition coefficient (Wildman–Crippen LogP) is 2.50. The van der Waals surface area contributed by atoms with Crippen LogP contribution in [-0.2, 0) is 9.47 Å². The van der Waals surface area contributed by atoms with E-state index in [-0.39, 0.29) is 6.04 Å². The highest BCUT2D eigenvalue weighted by Crippen LogP contribution is 2.11. The Morgan fingerprint density at radius 1 is 1.30 bits per heavy atom. The summed E-state index contributed by atoms with van der Waals surface area (Å²) in [5.74, 6) is 0.826. The molecule has 0 saturated carbocycles. The maximum atomic E-state index is 5.87. The van der Waals surface area contributed by atoms with E-state index in [2.05, 4.69) is 46.8 Å². The van der Waals surface area contributed by atoms with E-state index < -0.39 is 0 Å². The molecule has 1 fully saturated rings. The van der Waals surface area contributed by atoms with Gasteiger partial charge >= 0.3 is 0 Å². The second kappa shape index (κ2) is 10.2. The summed E-state index contributed by atoms with van der Waals surface area (Å²) >= 11 is 0. The van der Waals surface area contributed by atoms with Gasteiger partial charge in [-0.2, -0.15) is 0 Å². The molecular weight excluding hydrogens is 290 g/mol. The summed E-state index contributed by atoms with van der Waals surface area (Å²) in [4.78, 5) is 4.28. The highest BCUT2D eigenvalue weighted by Gasteiger charge is 2.13. The van der Waals surface area contributed by atoms with E-state index in [1.807, 2.05) is 6.07 Å². The number of guanidine groups is 1. The summed E-state index contributed by atoms with van der Waals surface area (Å²) < 4.78 is 11.2. The molecule has 1 aliphatic heterocycles. The van der Waals surface area contributed by atoms with Crippen LogP contribution in [0.25, 0.3) is 0 Å². The monoisotopic (exact) mass is 319 g/mol. The lowest BCUT2D eigenvalue weighted by Gasteiger charge is -2.22. The molecule has 0 radical (unpaired) electrons. The van der Waals surface area contributed by atoms with Crippen molar-refractivity contribution in [2.45, 2.75) is 38.3 Å². The van der Waals surface area contributed by atoms with Gasteiger partial charge in [-0.15, -0.1) is 0 Å². The smallest absolute Gasteiger partial charge is 0.191 e. The van der Waals surface area contributed by atoms with E-state index in [0.717, 1.165) is 51.6 Å². The highest BCUT2D eigenvalue weighted by molar-refractivity contribution is 5.80. The number of nitrogens with zero attached hydrogens (tertiary/aromatic N) is 1. The molecule has 0 aliphatic carbocycles. The van der Waals surface area contributed by atoms with Gasteiger partial charge in [-0.3, -0.25) is 4.99 Å². The molecule has 0 aromatic heterocycles. The zero-order valence-corrected chi connectivity index (χ0v) is 14.3. The zero-order chi connectivity index (χ0) is 16.3. The Hall–Kier alpha value is -1.59. The molecule has 5 nitrogen and oxygen atoms in total. The third kappa shape index (κ3) is 6.59. The lowest BCUT2D eigenvalue weighted by molar-refractivity contribution is -0.0320. The topological polar surface area (TPSA) is 54.9 Å². The average Bonchev–Trinajstić information content (AvgIpc) is 2.62. The van der Waals surface area contributed by atoms with Gasteiger partial charge in [-0.1, -0.05) is 30.3 Å². The molecule has 2 rings (SSSR count). The first-order chi connectivity index (χ1) is 11.3. The van der Waals surface area contributed by atoms with Crippen LogP contribution in [0.4, 0.5) is 0 Å². The van der Waals surface area contributed by atoms with Crippen LogP contribution in [0, 0.1) is 0 Å². The Labute approximate surface area is 139 Å². The number of aliphatic imine (C=N–C) groups is 1. The Morgan fingerprint density at radius 2 is 2.04 bits per heavy atom. The molecule has 128 valence electrons. The molecule has 1 aromatic rings. The maximum absolute atomic E-state index is 5.87. The molecule has 2 N–H and O–H groups in total. The van der Waals surface area contributed by atoms with Gasteiger partial charge in [0.05, 0.1) is 12.1 Å². The van der Waals surface area contributed by atoms with Crippen LogP contribution in [0.3, 0.4) is 0 Å². The van der Waals surface area contributed by atoms with Gasteiger partial charge in [-0.25, -0.2) is 0 Å². The van der Waals surface area contributed by atoms with Gasteiger partial charge in [0.2, 0.25) is 0 Å². The van der Waals surface area contributed by atoms with Gasteiger partial charge in [-0.05, 0) is 31.7 Å². The van der Waals surface area contributed by atoms with Gasteiger partial charge in [0.1, 0.15) is 0 Å². The SMILES string of the molecule is CN=C(NCCCOC1CCOCC1)NC(C)c1ccccc1. The van der Waals surface area contributed by atoms with E-state index in [1.165, 1.54) is 5.56 Å². The third-order valence-corrected chi connectivity index (χ3v) is 4.01. The van der Waals surface area contributed by atoms with Crippen molar-refractivity contribution < 1.29 is 9.47 Å². The molecule has 1 saturated heterocycles. The second-order valence-electron chi connectivity index (χ2n) is 5.81. The van der Waals surface area contributed by atoms with Crippen LogP contribution < -0.4 is 10.6 Å². The summed E-state index contributed by atoms with van der Waals surface area (Å²) in [5, 5.41) is 6.75. The second-order valence-corrected chi connectivity index (χ2v) is 5.81. The minimum atomic E-state index is 0.223. The Kier molecular flexibility index (Phi) is 7.90. The fourth-order valence-electron chi connectivity index (χ4n) is 2.60. The van der Waals surface area contributed by atoms with Crippen molar-refractivity contribution in [3.8, 4) is 0 Å². The summed E-state index contributed by atoms with van der Waals surface area (Å²) in [5.41, 5.74) is 1.25. The summed E-state index contributed by atoms with van der Waals surface area (Å²) in [6.45, 7) is 5.43. The number of nitrogens with one attached hydrogen (secondary N) is 2. The van der Waals surface area contributed by atoms with Crippen molar-refractivity contribution in [2.24, 2.45) is 4.99 Å². The molecule has 1 aromatic carbocycles. The van der Waals surface area contributed by atoms with Gasteiger partial charge in [0, 0.05) is 33.4 Å². The minimum absolute atomic E-state index is 0.223. The molecule has 1 heterocycles. The number of ether oxygens (including phenoxy) is 2. The predicted molar refractivity (Wildman–Crippen MR) is 93.8 cm³/mol. The largest absolute Gasteiger partial charge is 0.381 e. The molecule has 1 unspecified atom stereocenters. The van der Waals surface area contributed by atoms with Gasteiger partial charge in [0.15, 0.2) is 5.96 Å². The number of rotatable bonds is 7. The molecule has 0 bridgehead atoms. The molecule has 1 aliphatic rings. The normalized spacial score (nSPS) is 17.7. The number of hydrogen-bond acceptors (Lipinski definition) is 3. The van der Waals surface area contributed by atoms with E-state index in [0.29, 0.717) is 6.10 Å². The van der Waals surface area contributed by atoms with Gasteiger partial charge < -0.3 is 20.1 Å². The summed E-state index contributed by atoms with van der Waals surface area (Å²) in [7, 11) is 1.80. The Morgan fingerprint density at radius 3 is 2.74 bits per heavy atom. The van der Waals surface area contributed by atoms with Crippen LogP contribution in [0.15, 0.2) is 35.3 Å². The van der Waals surface area contributed by atoms with Crippen LogP contribution in [0.5, 0.6) is 0 Å². The minimum Gasteiger partial charge on any atom is -0.381 e. The zero-order valence-electron chi connectivity index (χ0n) is 14.3. The molecule has 1 atom stereocenters. The van der Waals surface area contributed by atoms with Crippen LogP contribution in [0.2, 0.25) is 0 Å². The van der Waals surface area contributed by atoms with Crippen molar-refractivity contribution >= 4 is 5.96 Å². The molecule has 23 heavy (non-hydrogen) atoms. The third-order valence-electron chi connectivity index (χ3n) is 4.01. The summed E-state index contributed by atoms with van der Waals surface area (Å²) in [6.07, 6.45) is 3.38. The average molecular weight is 319 g/mol. The standard InChI is InChI=1S/C18H29N3O2/c1-15(16-7-4-3-5-8-16)21-18(19-2)20-11-6-12-23-17-9-13-22-14-10-17/h3-5,7-8,15,17H,6,9-14H2,1-2H3,(H2,19,20,21). The number of hydrogen-bond donors (Lipinski definition) is 2. The first-order valence-electron chi connectivity index (χ1n) is 8.51. The lowest BCUT2D eigenvalue weighted by Crippen LogP contribution is -2.39. The van der Waals surface area contributed by atoms with Gasteiger partial charge in [0.25, 0.3) is 0 Å². The quantitative estimate of drug-likeness (QED) is 0.461. The highest BCUT2D eigenvalue weighted by atomic mass is 16.5. The number of benzene rings is 1. The van der Waals surface area contributed by atoms with E-state index in [4.69, 9.17) is 9.47 Å². The van der Waals surface area contributed by atoms with Crippen LogP contribution in [-0.4, -0.2) is 45.5 Å². The molecule has 0 spiro atoms.